The number of hydrogen-bond donors (Lipinski definition) is 1. The highest BCUT2D eigenvalue weighted by Gasteiger charge is 2.13. The zero-order chi connectivity index (χ0) is 13.7. The van der Waals surface area contributed by atoms with E-state index in [0.717, 1.165) is 29.8 Å². The molecule has 19 heavy (non-hydrogen) atoms. The molecule has 0 atom stereocenters. The summed E-state index contributed by atoms with van der Waals surface area (Å²) in [6, 6.07) is 10.0. The van der Waals surface area contributed by atoms with E-state index in [0.29, 0.717) is 6.42 Å². The monoisotopic (exact) mass is 257 g/mol. The molecular weight excluding hydrogens is 238 g/mol. The van der Waals surface area contributed by atoms with E-state index < -0.39 is 0 Å². The molecule has 100 valence electrons. The number of likely N-dealkylation sites (N-methyl/N-ethyl adjacent to an activating group) is 1. The Labute approximate surface area is 113 Å². The van der Waals surface area contributed by atoms with E-state index in [-0.39, 0.29) is 5.91 Å². The van der Waals surface area contributed by atoms with Crippen LogP contribution in [0, 0.1) is 0 Å². The number of hydrogen-bond acceptors (Lipinski definition) is 2. The number of aromatic nitrogens is 2. The lowest BCUT2D eigenvalue weighted by Crippen LogP contribution is -2.20. The Hall–Kier alpha value is -2.10. The topological polar surface area (TPSA) is 46.9 Å². The Bertz CT molecular complexity index is 546. The number of carbonyl (C=O) groups is 1. The molecule has 1 N–H and O–H groups in total. The van der Waals surface area contributed by atoms with Crippen molar-refractivity contribution in [2.45, 2.75) is 26.2 Å². The molecule has 2 rings (SSSR count). The van der Waals surface area contributed by atoms with Crippen LogP contribution in [0.2, 0.25) is 0 Å². The number of nitrogens with zero attached hydrogens (tertiary/aromatic N) is 2. The average molecular weight is 257 g/mol. The second-order valence-electron chi connectivity index (χ2n) is 4.46. The molecular formula is C15H19N3O. The first kappa shape index (κ1) is 13.3. The molecule has 1 aromatic heterocycles. The molecule has 0 aliphatic rings. The largest absolute Gasteiger partial charge is 0.359 e. The summed E-state index contributed by atoms with van der Waals surface area (Å²) in [5, 5.41) is 7.08. The minimum absolute atomic E-state index is 0.0185. The summed E-state index contributed by atoms with van der Waals surface area (Å²) in [7, 11) is 1.66. The van der Waals surface area contributed by atoms with Gasteiger partial charge in [-0.25, -0.2) is 4.68 Å². The summed E-state index contributed by atoms with van der Waals surface area (Å²) < 4.78 is 1.93. The Balaban J connectivity index is 2.37. The van der Waals surface area contributed by atoms with Crippen LogP contribution in [0.25, 0.3) is 5.69 Å². The van der Waals surface area contributed by atoms with Gasteiger partial charge in [0.25, 0.3) is 0 Å². The van der Waals surface area contributed by atoms with Crippen molar-refractivity contribution in [3.63, 3.8) is 0 Å². The first-order valence-electron chi connectivity index (χ1n) is 6.58. The molecule has 0 bridgehead atoms. The van der Waals surface area contributed by atoms with Crippen LogP contribution in [-0.4, -0.2) is 22.7 Å². The Morgan fingerprint density at radius 2 is 2.05 bits per heavy atom. The van der Waals surface area contributed by atoms with Crippen molar-refractivity contribution in [1.29, 1.82) is 0 Å². The molecule has 0 radical (unpaired) electrons. The third-order valence-corrected chi connectivity index (χ3v) is 3.07. The third kappa shape index (κ3) is 3.02. The van der Waals surface area contributed by atoms with Crippen LogP contribution in [0.4, 0.5) is 0 Å². The summed E-state index contributed by atoms with van der Waals surface area (Å²) in [5.41, 5.74) is 3.16. The van der Waals surface area contributed by atoms with Crippen molar-refractivity contribution in [3.8, 4) is 5.69 Å². The van der Waals surface area contributed by atoms with E-state index in [1.807, 2.05) is 35.0 Å². The van der Waals surface area contributed by atoms with Gasteiger partial charge in [0.05, 0.1) is 18.3 Å². The molecule has 0 saturated carbocycles. The smallest absolute Gasteiger partial charge is 0.224 e. The highest BCUT2D eigenvalue weighted by atomic mass is 16.1. The van der Waals surface area contributed by atoms with E-state index in [1.54, 1.807) is 13.2 Å². The fraction of sp³-hybridized carbons (Fsp3) is 0.333. The van der Waals surface area contributed by atoms with Gasteiger partial charge in [-0.3, -0.25) is 4.79 Å². The van der Waals surface area contributed by atoms with Gasteiger partial charge in [-0.2, -0.15) is 5.10 Å². The second kappa shape index (κ2) is 6.18. The molecule has 0 spiro atoms. The fourth-order valence-corrected chi connectivity index (χ4v) is 2.11. The number of carbonyl (C=O) groups excluding carboxylic acids is 1. The highest BCUT2D eigenvalue weighted by Crippen LogP contribution is 2.17. The third-order valence-electron chi connectivity index (χ3n) is 3.07. The van der Waals surface area contributed by atoms with Gasteiger partial charge >= 0.3 is 0 Å². The Kier molecular flexibility index (Phi) is 4.34. The van der Waals surface area contributed by atoms with Crippen LogP contribution in [-0.2, 0) is 17.6 Å². The molecule has 4 nitrogen and oxygen atoms in total. The van der Waals surface area contributed by atoms with Crippen molar-refractivity contribution >= 4 is 5.91 Å². The lowest BCUT2D eigenvalue weighted by atomic mass is 10.1. The maximum absolute atomic E-state index is 11.5. The molecule has 4 heteroatoms. The summed E-state index contributed by atoms with van der Waals surface area (Å²) >= 11 is 0. The van der Waals surface area contributed by atoms with E-state index in [9.17, 15) is 4.79 Å². The predicted octanol–water partition coefficient (Wildman–Crippen LogP) is 2.11. The van der Waals surface area contributed by atoms with Crippen molar-refractivity contribution in [1.82, 2.24) is 15.1 Å². The van der Waals surface area contributed by atoms with Crippen LogP contribution in [0.3, 0.4) is 0 Å². The summed E-state index contributed by atoms with van der Waals surface area (Å²) in [6.07, 6.45) is 4.13. The number of amides is 1. The number of para-hydroxylation sites is 1. The molecule has 0 unspecified atom stereocenters. The van der Waals surface area contributed by atoms with Crippen molar-refractivity contribution in [2.24, 2.45) is 0 Å². The first-order valence-corrected chi connectivity index (χ1v) is 6.58. The molecule has 0 saturated heterocycles. The number of benzene rings is 1. The molecule has 1 amide bonds. The Morgan fingerprint density at radius 1 is 1.32 bits per heavy atom. The summed E-state index contributed by atoms with van der Waals surface area (Å²) in [6.45, 7) is 2.13. The average Bonchev–Trinajstić information content (AvgIpc) is 2.83. The lowest BCUT2D eigenvalue weighted by Gasteiger charge is -2.08. The van der Waals surface area contributed by atoms with E-state index in [2.05, 4.69) is 17.3 Å². The number of nitrogens with one attached hydrogen (secondary N) is 1. The Morgan fingerprint density at radius 3 is 2.68 bits per heavy atom. The standard InChI is InChI=1S/C15H19N3O/c1-3-7-14-12(10-15(19)16-2)11-17-18(14)13-8-5-4-6-9-13/h4-6,8-9,11H,3,7,10H2,1-2H3,(H,16,19). The number of rotatable bonds is 5. The van der Waals surface area contributed by atoms with Gasteiger partial charge in [-0.05, 0) is 18.6 Å². The van der Waals surface area contributed by atoms with E-state index >= 15 is 0 Å². The quantitative estimate of drug-likeness (QED) is 0.891. The van der Waals surface area contributed by atoms with Crippen LogP contribution in [0.15, 0.2) is 36.5 Å². The molecule has 0 aliphatic heterocycles. The van der Waals surface area contributed by atoms with Crippen molar-refractivity contribution < 1.29 is 4.79 Å². The van der Waals surface area contributed by atoms with Gasteiger partial charge in [-0.1, -0.05) is 31.5 Å². The van der Waals surface area contributed by atoms with Crippen molar-refractivity contribution in [2.75, 3.05) is 7.05 Å². The van der Waals surface area contributed by atoms with Gasteiger partial charge in [0.1, 0.15) is 0 Å². The fourth-order valence-electron chi connectivity index (χ4n) is 2.11. The lowest BCUT2D eigenvalue weighted by molar-refractivity contribution is -0.119. The summed E-state index contributed by atoms with van der Waals surface area (Å²) in [5.74, 6) is 0.0185. The van der Waals surface area contributed by atoms with Gasteiger partial charge in [0, 0.05) is 18.3 Å². The minimum Gasteiger partial charge on any atom is -0.359 e. The molecule has 2 aromatic rings. The van der Waals surface area contributed by atoms with Crippen molar-refractivity contribution in [3.05, 3.63) is 47.8 Å². The van der Waals surface area contributed by atoms with Crippen LogP contribution < -0.4 is 5.32 Å². The highest BCUT2D eigenvalue weighted by molar-refractivity contribution is 5.78. The predicted molar refractivity (Wildman–Crippen MR) is 75.3 cm³/mol. The van der Waals surface area contributed by atoms with Gasteiger partial charge in [-0.15, -0.1) is 0 Å². The SMILES string of the molecule is CCCc1c(CC(=O)NC)cnn1-c1ccccc1. The van der Waals surface area contributed by atoms with E-state index in [4.69, 9.17) is 0 Å². The molecule has 1 heterocycles. The maximum atomic E-state index is 11.5. The normalized spacial score (nSPS) is 10.4. The molecule has 1 aromatic carbocycles. The van der Waals surface area contributed by atoms with Gasteiger partial charge in [0.15, 0.2) is 0 Å². The molecule has 0 fully saturated rings. The minimum atomic E-state index is 0.0185. The summed E-state index contributed by atoms with van der Waals surface area (Å²) in [4.78, 5) is 11.5. The zero-order valence-corrected chi connectivity index (χ0v) is 11.4. The van der Waals surface area contributed by atoms with E-state index in [1.165, 1.54) is 0 Å². The maximum Gasteiger partial charge on any atom is 0.224 e. The van der Waals surface area contributed by atoms with Crippen LogP contribution in [0.5, 0.6) is 0 Å². The molecule has 0 aliphatic carbocycles. The second-order valence-corrected chi connectivity index (χ2v) is 4.46. The first-order chi connectivity index (χ1) is 9.26. The van der Waals surface area contributed by atoms with Crippen LogP contribution in [0.1, 0.15) is 24.6 Å². The van der Waals surface area contributed by atoms with Crippen LogP contribution >= 0.6 is 0 Å². The zero-order valence-electron chi connectivity index (χ0n) is 11.4. The van der Waals surface area contributed by atoms with Gasteiger partial charge in [0.2, 0.25) is 5.91 Å². The van der Waals surface area contributed by atoms with Gasteiger partial charge < -0.3 is 5.32 Å².